The second-order valence-corrected chi connectivity index (χ2v) is 5.34. The number of thiazole rings is 1. The van der Waals surface area contributed by atoms with Gasteiger partial charge in [-0.1, -0.05) is 18.5 Å². The molecular weight excluding hydrogens is 266 g/mol. The van der Waals surface area contributed by atoms with Crippen LogP contribution in [0.4, 0.5) is 5.69 Å². The zero-order valence-corrected chi connectivity index (χ0v) is 11.5. The molecule has 0 aliphatic carbocycles. The number of aromatic nitrogens is 1. The molecule has 0 bridgehead atoms. The topological polar surface area (TPSA) is 48.7 Å². The number of rotatable bonds is 4. The molecule has 1 aromatic carbocycles. The van der Waals surface area contributed by atoms with Gasteiger partial charge in [-0.05, 0) is 24.6 Å². The van der Waals surface area contributed by atoms with Crippen LogP contribution in [-0.2, 0) is 13.0 Å². The SMILES string of the molecule is CCc1ncc(CNc2ccc(C#N)cc2Cl)s1. The molecule has 92 valence electrons. The molecule has 0 fully saturated rings. The van der Waals surface area contributed by atoms with Crippen molar-refractivity contribution in [2.75, 3.05) is 5.32 Å². The molecule has 0 atom stereocenters. The quantitative estimate of drug-likeness (QED) is 0.924. The van der Waals surface area contributed by atoms with Crippen LogP contribution in [0.1, 0.15) is 22.4 Å². The summed E-state index contributed by atoms with van der Waals surface area (Å²) < 4.78 is 0. The van der Waals surface area contributed by atoms with Crippen LogP contribution >= 0.6 is 22.9 Å². The Labute approximate surface area is 115 Å². The van der Waals surface area contributed by atoms with Crippen molar-refractivity contribution in [1.82, 2.24) is 4.98 Å². The summed E-state index contributed by atoms with van der Waals surface area (Å²) in [4.78, 5) is 5.47. The van der Waals surface area contributed by atoms with Crippen molar-refractivity contribution < 1.29 is 0 Å². The van der Waals surface area contributed by atoms with E-state index in [9.17, 15) is 0 Å². The number of nitrogens with zero attached hydrogens (tertiary/aromatic N) is 2. The van der Waals surface area contributed by atoms with E-state index in [1.165, 1.54) is 4.88 Å². The smallest absolute Gasteiger partial charge is 0.0992 e. The molecule has 1 N–H and O–H groups in total. The zero-order chi connectivity index (χ0) is 13.0. The van der Waals surface area contributed by atoms with E-state index in [4.69, 9.17) is 16.9 Å². The van der Waals surface area contributed by atoms with Crippen LogP contribution in [0.15, 0.2) is 24.4 Å². The molecule has 0 saturated carbocycles. The molecule has 0 aliphatic rings. The van der Waals surface area contributed by atoms with Gasteiger partial charge in [0.25, 0.3) is 0 Å². The van der Waals surface area contributed by atoms with Gasteiger partial charge >= 0.3 is 0 Å². The Morgan fingerprint density at radius 1 is 1.50 bits per heavy atom. The Kier molecular flexibility index (Phi) is 4.19. The number of nitriles is 1. The van der Waals surface area contributed by atoms with Crippen molar-refractivity contribution in [3.63, 3.8) is 0 Å². The van der Waals surface area contributed by atoms with E-state index in [2.05, 4.69) is 23.3 Å². The molecule has 0 amide bonds. The molecule has 1 heterocycles. The molecule has 1 aromatic heterocycles. The van der Waals surface area contributed by atoms with Crippen LogP contribution in [-0.4, -0.2) is 4.98 Å². The fraction of sp³-hybridized carbons (Fsp3) is 0.231. The summed E-state index contributed by atoms with van der Waals surface area (Å²) in [5, 5.41) is 13.7. The van der Waals surface area contributed by atoms with Crippen molar-refractivity contribution >= 4 is 28.6 Å². The Morgan fingerprint density at radius 2 is 2.33 bits per heavy atom. The number of anilines is 1. The van der Waals surface area contributed by atoms with Crippen molar-refractivity contribution in [1.29, 1.82) is 5.26 Å². The molecular formula is C13H12ClN3S. The first-order chi connectivity index (χ1) is 8.72. The maximum Gasteiger partial charge on any atom is 0.0992 e. The molecule has 3 nitrogen and oxygen atoms in total. The van der Waals surface area contributed by atoms with E-state index in [-0.39, 0.29) is 0 Å². The maximum absolute atomic E-state index is 8.76. The predicted molar refractivity (Wildman–Crippen MR) is 75.0 cm³/mol. The lowest BCUT2D eigenvalue weighted by Gasteiger charge is -2.06. The van der Waals surface area contributed by atoms with Gasteiger partial charge in [-0.25, -0.2) is 4.98 Å². The Morgan fingerprint density at radius 3 is 2.94 bits per heavy atom. The highest BCUT2D eigenvalue weighted by atomic mass is 35.5. The first-order valence-corrected chi connectivity index (χ1v) is 6.79. The van der Waals surface area contributed by atoms with E-state index in [0.29, 0.717) is 17.1 Å². The standard InChI is InChI=1S/C13H12ClN3S/c1-2-13-17-8-10(18-13)7-16-12-4-3-9(6-15)5-11(12)14/h3-5,8,16H,2,7H2,1H3. The van der Waals surface area contributed by atoms with E-state index < -0.39 is 0 Å². The van der Waals surface area contributed by atoms with Gasteiger partial charge in [0.2, 0.25) is 0 Å². The fourth-order valence-corrected chi connectivity index (χ4v) is 2.55. The Balaban J connectivity index is 2.04. The lowest BCUT2D eigenvalue weighted by molar-refractivity contribution is 1.09. The van der Waals surface area contributed by atoms with Crippen molar-refractivity contribution in [2.45, 2.75) is 19.9 Å². The average Bonchev–Trinajstić information content (AvgIpc) is 2.85. The third-order valence-electron chi connectivity index (χ3n) is 2.46. The largest absolute Gasteiger partial charge is 0.379 e. The predicted octanol–water partition coefficient (Wildman–Crippen LogP) is 3.84. The molecule has 0 radical (unpaired) electrons. The summed E-state index contributed by atoms with van der Waals surface area (Å²) >= 11 is 7.78. The summed E-state index contributed by atoms with van der Waals surface area (Å²) in [6, 6.07) is 7.29. The van der Waals surface area contributed by atoms with Gasteiger partial charge in [0.15, 0.2) is 0 Å². The number of halogens is 1. The molecule has 5 heteroatoms. The first kappa shape index (κ1) is 12.9. The van der Waals surface area contributed by atoms with Crippen LogP contribution in [0.2, 0.25) is 5.02 Å². The summed E-state index contributed by atoms with van der Waals surface area (Å²) in [5.41, 5.74) is 1.40. The average molecular weight is 278 g/mol. The molecule has 18 heavy (non-hydrogen) atoms. The monoisotopic (exact) mass is 277 g/mol. The molecule has 2 rings (SSSR count). The first-order valence-electron chi connectivity index (χ1n) is 5.60. The third kappa shape index (κ3) is 3.00. The third-order valence-corrected chi connectivity index (χ3v) is 3.91. The highest BCUT2D eigenvalue weighted by Gasteiger charge is 2.03. The molecule has 0 aliphatic heterocycles. The van der Waals surface area contributed by atoms with Gasteiger partial charge in [0.05, 0.1) is 33.9 Å². The zero-order valence-electron chi connectivity index (χ0n) is 9.90. The minimum Gasteiger partial charge on any atom is -0.379 e. The second-order valence-electron chi connectivity index (χ2n) is 3.73. The summed E-state index contributed by atoms with van der Waals surface area (Å²) in [7, 11) is 0. The van der Waals surface area contributed by atoms with Crippen LogP contribution in [0.5, 0.6) is 0 Å². The van der Waals surface area contributed by atoms with Gasteiger partial charge in [-0.15, -0.1) is 11.3 Å². The number of aryl methyl sites for hydroxylation is 1. The minimum atomic E-state index is 0.564. The van der Waals surface area contributed by atoms with Crippen LogP contribution < -0.4 is 5.32 Å². The summed E-state index contributed by atoms with van der Waals surface area (Å²) in [6.07, 6.45) is 2.84. The van der Waals surface area contributed by atoms with Gasteiger partial charge < -0.3 is 5.32 Å². The van der Waals surface area contributed by atoms with Gasteiger partial charge in [-0.2, -0.15) is 5.26 Å². The van der Waals surface area contributed by atoms with Crippen LogP contribution in [0.3, 0.4) is 0 Å². The Bertz CT molecular complexity index is 586. The number of hydrogen-bond acceptors (Lipinski definition) is 4. The maximum atomic E-state index is 8.76. The highest BCUT2D eigenvalue weighted by molar-refractivity contribution is 7.11. The van der Waals surface area contributed by atoms with Gasteiger partial charge in [0.1, 0.15) is 0 Å². The van der Waals surface area contributed by atoms with Crippen molar-refractivity contribution in [3.05, 3.63) is 44.9 Å². The van der Waals surface area contributed by atoms with E-state index in [0.717, 1.165) is 17.1 Å². The second kappa shape index (κ2) is 5.85. The molecule has 0 unspecified atom stereocenters. The van der Waals surface area contributed by atoms with Gasteiger partial charge in [0, 0.05) is 11.1 Å². The number of nitrogens with one attached hydrogen (secondary N) is 1. The normalized spacial score (nSPS) is 10.1. The fourth-order valence-electron chi connectivity index (χ4n) is 1.50. The van der Waals surface area contributed by atoms with Crippen LogP contribution in [0.25, 0.3) is 0 Å². The summed E-state index contributed by atoms with van der Waals surface area (Å²) in [5.74, 6) is 0. The lowest BCUT2D eigenvalue weighted by Crippen LogP contribution is -1.98. The Hall–Kier alpha value is -1.57. The van der Waals surface area contributed by atoms with Gasteiger partial charge in [-0.3, -0.25) is 0 Å². The number of benzene rings is 1. The lowest BCUT2D eigenvalue weighted by atomic mass is 10.2. The molecule has 0 spiro atoms. The summed E-state index contributed by atoms with van der Waals surface area (Å²) in [6.45, 7) is 2.79. The molecule has 0 saturated heterocycles. The highest BCUT2D eigenvalue weighted by Crippen LogP contribution is 2.24. The van der Waals surface area contributed by atoms with Crippen molar-refractivity contribution in [2.24, 2.45) is 0 Å². The number of hydrogen-bond donors (Lipinski definition) is 1. The minimum absolute atomic E-state index is 0.564. The van der Waals surface area contributed by atoms with Crippen molar-refractivity contribution in [3.8, 4) is 6.07 Å². The van der Waals surface area contributed by atoms with E-state index >= 15 is 0 Å². The van der Waals surface area contributed by atoms with E-state index in [1.807, 2.05) is 12.3 Å². The van der Waals surface area contributed by atoms with E-state index in [1.54, 1.807) is 23.5 Å². The van der Waals surface area contributed by atoms with Crippen LogP contribution in [0, 0.1) is 11.3 Å². The molecule has 2 aromatic rings.